The molecule has 0 unspecified atom stereocenters. The van der Waals surface area contributed by atoms with Crippen LogP contribution in [-0.4, -0.2) is 19.7 Å². The van der Waals surface area contributed by atoms with Gasteiger partial charge in [0.25, 0.3) is 0 Å². The smallest absolute Gasteiger partial charge is 0.122 e. The van der Waals surface area contributed by atoms with Crippen LogP contribution in [0.4, 0.5) is 0 Å². The van der Waals surface area contributed by atoms with Crippen molar-refractivity contribution in [3.63, 3.8) is 0 Å². The highest BCUT2D eigenvalue weighted by molar-refractivity contribution is 6.30. The molecule has 2 rings (SSSR count). The van der Waals surface area contributed by atoms with Gasteiger partial charge >= 0.3 is 0 Å². The van der Waals surface area contributed by atoms with Gasteiger partial charge in [0.05, 0.1) is 6.61 Å². The molecular weight excluding hydrogens is 269 g/mol. The largest absolute Gasteiger partial charge is 0.493 e. The third-order valence-electron chi connectivity index (χ3n) is 3.38. The monoisotopic (exact) mass is 289 g/mol. The molecule has 0 atom stereocenters. The van der Waals surface area contributed by atoms with E-state index in [1.165, 1.54) is 12.8 Å². The summed E-state index contributed by atoms with van der Waals surface area (Å²) >= 11 is 5.91. The summed E-state index contributed by atoms with van der Waals surface area (Å²) in [4.78, 5) is 0. The van der Waals surface area contributed by atoms with Crippen LogP contribution in [0.25, 0.3) is 0 Å². The number of halogens is 2. The molecule has 1 fully saturated rings. The first-order valence-electron chi connectivity index (χ1n) is 6.35. The summed E-state index contributed by atoms with van der Waals surface area (Å²) in [6, 6.07) is 5.79. The topological polar surface area (TPSA) is 21.3 Å². The Morgan fingerprint density at radius 2 is 2.06 bits per heavy atom. The number of hydrogen-bond donors (Lipinski definition) is 1. The summed E-state index contributed by atoms with van der Waals surface area (Å²) in [5.41, 5.74) is 1.11. The molecule has 0 aliphatic carbocycles. The van der Waals surface area contributed by atoms with E-state index in [0.29, 0.717) is 0 Å². The predicted octanol–water partition coefficient (Wildman–Crippen LogP) is 3.84. The number of piperidine rings is 1. The van der Waals surface area contributed by atoms with Gasteiger partial charge in [-0.25, -0.2) is 0 Å². The van der Waals surface area contributed by atoms with E-state index in [2.05, 4.69) is 5.32 Å². The van der Waals surface area contributed by atoms with Gasteiger partial charge in [-0.3, -0.25) is 0 Å². The van der Waals surface area contributed by atoms with Gasteiger partial charge in [-0.15, -0.1) is 12.4 Å². The van der Waals surface area contributed by atoms with Gasteiger partial charge in [0.2, 0.25) is 0 Å². The van der Waals surface area contributed by atoms with E-state index in [0.717, 1.165) is 48.4 Å². The van der Waals surface area contributed by atoms with Crippen molar-refractivity contribution < 1.29 is 4.74 Å². The van der Waals surface area contributed by atoms with Crippen LogP contribution >= 0.6 is 24.0 Å². The Hall–Kier alpha value is -0.440. The van der Waals surface area contributed by atoms with Crippen LogP contribution in [-0.2, 0) is 0 Å². The fraction of sp³-hybridized carbons (Fsp3) is 0.571. The molecule has 1 aromatic carbocycles. The van der Waals surface area contributed by atoms with Gasteiger partial charge in [0.15, 0.2) is 0 Å². The fourth-order valence-electron chi connectivity index (χ4n) is 2.28. The van der Waals surface area contributed by atoms with E-state index >= 15 is 0 Å². The number of nitrogens with one attached hydrogen (secondary N) is 1. The summed E-state index contributed by atoms with van der Waals surface area (Å²) in [7, 11) is 0. The van der Waals surface area contributed by atoms with Crippen LogP contribution in [0, 0.1) is 12.8 Å². The molecule has 0 aromatic heterocycles. The van der Waals surface area contributed by atoms with Crippen LogP contribution in [0.1, 0.15) is 24.8 Å². The van der Waals surface area contributed by atoms with Gasteiger partial charge in [-0.1, -0.05) is 11.6 Å². The molecule has 1 aliphatic heterocycles. The minimum Gasteiger partial charge on any atom is -0.493 e. The van der Waals surface area contributed by atoms with Crippen LogP contribution in [0.2, 0.25) is 5.02 Å². The van der Waals surface area contributed by atoms with Crippen molar-refractivity contribution in [3.8, 4) is 5.75 Å². The zero-order chi connectivity index (χ0) is 12.1. The maximum Gasteiger partial charge on any atom is 0.122 e. The molecule has 4 heteroatoms. The van der Waals surface area contributed by atoms with Crippen molar-refractivity contribution in [3.05, 3.63) is 28.8 Å². The SMILES string of the molecule is Cc1cc(Cl)ccc1OCCC1CCNCC1.Cl. The highest BCUT2D eigenvalue weighted by atomic mass is 35.5. The molecule has 1 heterocycles. The molecule has 0 amide bonds. The van der Waals surface area contributed by atoms with Gasteiger partial charge in [0, 0.05) is 5.02 Å². The fourth-order valence-corrected chi connectivity index (χ4v) is 2.51. The molecule has 18 heavy (non-hydrogen) atoms. The molecular formula is C14H21Cl2NO. The lowest BCUT2D eigenvalue weighted by Crippen LogP contribution is -2.28. The highest BCUT2D eigenvalue weighted by Gasteiger charge is 2.12. The van der Waals surface area contributed by atoms with Crippen molar-refractivity contribution >= 4 is 24.0 Å². The number of aryl methyl sites for hydroxylation is 1. The number of ether oxygens (including phenoxy) is 1. The van der Waals surface area contributed by atoms with E-state index in [9.17, 15) is 0 Å². The van der Waals surface area contributed by atoms with Crippen molar-refractivity contribution in [1.82, 2.24) is 5.32 Å². The Labute approximate surface area is 120 Å². The van der Waals surface area contributed by atoms with E-state index in [4.69, 9.17) is 16.3 Å². The normalized spacial score (nSPS) is 16.1. The third kappa shape index (κ3) is 4.68. The second-order valence-corrected chi connectivity index (χ2v) is 5.18. The first kappa shape index (κ1) is 15.6. The van der Waals surface area contributed by atoms with Gasteiger partial charge in [0.1, 0.15) is 5.75 Å². The highest BCUT2D eigenvalue weighted by Crippen LogP contribution is 2.23. The summed E-state index contributed by atoms with van der Waals surface area (Å²) in [5, 5.41) is 4.15. The molecule has 0 radical (unpaired) electrons. The number of hydrogen-bond acceptors (Lipinski definition) is 2. The Bertz CT molecular complexity index is 365. The summed E-state index contributed by atoms with van der Waals surface area (Å²) < 4.78 is 5.82. The lowest BCUT2D eigenvalue weighted by atomic mass is 9.95. The average Bonchev–Trinajstić information content (AvgIpc) is 2.33. The standard InChI is InChI=1S/C14H20ClNO.ClH/c1-11-10-13(15)2-3-14(11)17-9-6-12-4-7-16-8-5-12;/h2-3,10,12,16H,4-9H2,1H3;1H. The summed E-state index contributed by atoms with van der Waals surface area (Å²) in [6.45, 7) is 5.16. The molecule has 0 saturated carbocycles. The zero-order valence-electron chi connectivity index (χ0n) is 10.7. The lowest BCUT2D eigenvalue weighted by Gasteiger charge is -2.22. The first-order chi connectivity index (χ1) is 8.25. The van der Waals surface area contributed by atoms with Gasteiger partial charge in [-0.05, 0) is 69.0 Å². The molecule has 1 saturated heterocycles. The van der Waals surface area contributed by atoms with E-state index in [-0.39, 0.29) is 12.4 Å². The number of benzene rings is 1. The van der Waals surface area contributed by atoms with Crippen molar-refractivity contribution in [1.29, 1.82) is 0 Å². The Balaban J connectivity index is 0.00000162. The molecule has 2 nitrogen and oxygen atoms in total. The summed E-state index contributed by atoms with van der Waals surface area (Å²) in [5.74, 6) is 1.78. The molecule has 0 bridgehead atoms. The summed E-state index contributed by atoms with van der Waals surface area (Å²) in [6.07, 6.45) is 3.72. The predicted molar refractivity (Wildman–Crippen MR) is 79.1 cm³/mol. The van der Waals surface area contributed by atoms with E-state index in [1.54, 1.807) is 0 Å². The van der Waals surface area contributed by atoms with Crippen molar-refractivity contribution in [2.24, 2.45) is 5.92 Å². The second-order valence-electron chi connectivity index (χ2n) is 4.74. The Kier molecular flexibility index (Phi) is 6.83. The van der Waals surface area contributed by atoms with E-state index < -0.39 is 0 Å². The van der Waals surface area contributed by atoms with Gasteiger partial charge < -0.3 is 10.1 Å². The molecule has 102 valence electrons. The van der Waals surface area contributed by atoms with Crippen LogP contribution in [0.5, 0.6) is 5.75 Å². The van der Waals surface area contributed by atoms with Crippen LogP contribution < -0.4 is 10.1 Å². The minimum atomic E-state index is 0. The quantitative estimate of drug-likeness (QED) is 0.909. The lowest BCUT2D eigenvalue weighted by molar-refractivity contribution is 0.251. The second kappa shape index (κ2) is 7.88. The molecule has 1 aromatic rings. The maximum absolute atomic E-state index is 5.91. The van der Waals surface area contributed by atoms with Crippen LogP contribution in [0.15, 0.2) is 18.2 Å². The Morgan fingerprint density at radius 3 is 2.72 bits per heavy atom. The molecule has 1 aliphatic rings. The zero-order valence-corrected chi connectivity index (χ0v) is 12.3. The average molecular weight is 290 g/mol. The maximum atomic E-state index is 5.91. The minimum absolute atomic E-state index is 0. The first-order valence-corrected chi connectivity index (χ1v) is 6.73. The van der Waals surface area contributed by atoms with Crippen molar-refractivity contribution in [2.45, 2.75) is 26.2 Å². The molecule has 0 spiro atoms. The Morgan fingerprint density at radius 1 is 1.33 bits per heavy atom. The number of rotatable bonds is 4. The van der Waals surface area contributed by atoms with Gasteiger partial charge in [-0.2, -0.15) is 0 Å². The molecule has 1 N–H and O–H groups in total. The van der Waals surface area contributed by atoms with Crippen LogP contribution in [0.3, 0.4) is 0 Å². The van der Waals surface area contributed by atoms with Crippen molar-refractivity contribution in [2.75, 3.05) is 19.7 Å². The third-order valence-corrected chi connectivity index (χ3v) is 3.61. The van der Waals surface area contributed by atoms with E-state index in [1.807, 2.05) is 25.1 Å².